The van der Waals surface area contributed by atoms with Crippen molar-refractivity contribution in [3.05, 3.63) is 34.8 Å². The van der Waals surface area contributed by atoms with E-state index in [2.05, 4.69) is 53.2 Å². The number of hydrogen-bond donors (Lipinski definition) is 0. The quantitative estimate of drug-likeness (QED) is 0.582. The molecule has 1 saturated heterocycles. The molecule has 0 aliphatic carbocycles. The van der Waals surface area contributed by atoms with Gasteiger partial charge in [-0.25, -0.2) is 4.98 Å². The van der Waals surface area contributed by atoms with Crippen LogP contribution in [0.4, 0.5) is 0 Å². The normalized spacial score (nSPS) is 15.6. The molecule has 2 aromatic heterocycles. The number of fused-ring (bicyclic) bond motifs is 1. The minimum absolute atomic E-state index is 0.950. The first-order chi connectivity index (χ1) is 12.7. The van der Waals surface area contributed by atoms with E-state index in [-0.39, 0.29) is 0 Å². The summed E-state index contributed by atoms with van der Waals surface area (Å²) in [5, 5.41) is 11.2. The average Bonchev–Trinajstić information content (AvgIpc) is 3.05. The molecule has 1 aliphatic rings. The predicted octanol–water partition coefficient (Wildman–Crippen LogP) is 4.95. The second-order valence-corrected chi connectivity index (χ2v) is 9.17. The smallest absolute Gasteiger partial charge is 0.146 e. The maximum Gasteiger partial charge on any atom is 0.146 e. The Balaban J connectivity index is 1.56. The van der Waals surface area contributed by atoms with E-state index in [9.17, 15) is 0 Å². The second kappa shape index (κ2) is 8.03. The molecule has 0 saturated carbocycles. The van der Waals surface area contributed by atoms with Crippen molar-refractivity contribution < 1.29 is 0 Å². The van der Waals surface area contributed by atoms with Gasteiger partial charge in [0.15, 0.2) is 0 Å². The van der Waals surface area contributed by atoms with Gasteiger partial charge in [0.2, 0.25) is 0 Å². The Morgan fingerprint density at radius 1 is 1.04 bits per heavy atom. The third kappa shape index (κ3) is 3.92. The summed E-state index contributed by atoms with van der Waals surface area (Å²) in [7, 11) is 0. The van der Waals surface area contributed by atoms with Gasteiger partial charge >= 0.3 is 0 Å². The summed E-state index contributed by atoms with van der Waals surface area (Å²) in [4.78, 5) is 7.33. The molecule has 0 spiro atoms. The fraction of sp³-hybridized carbons (Fsp3) is 0.450. The molecule has 0 bridgehead atoms. The molecule has 4 rings (SSSR count). The highest BCUT2D eigenvalue weighted by molar-refractivity contribution is 7.99. The fourth-order valence-electron chi connectivity index (χ4n) is 3.37. The molecule has 4 nitrogen and oxygen atoms in total. The Morgan fingerprint density at radius 3 is 2.58 bits per heavy atom. The van der Waals surface area contributed by atoms with Crippen molar-refractivity contribution in [2.24, 2.45) is 0 Å². The number of aryl methyl sites for hydroxylation is 2. The van der Waals surface area contributed by atoms with Crippen molar-refractivity contribution in [2.45, 2.75) is 38.1 Å². The van der Waals surface area contributed by atoms with Crippen molar-refractivity contribution in [3.63, 3.8) is 0 Å². The molecule has 0 amide bonds. The molecule has 3 heterocycles. The van der Waals surface area contributed by atoms with Crippen molar-refractivity contribution in [1.82, 2.24) is 20.1 Å². The highest BCUT2D eigenvalue weighted by Gasteiger charge is 2.16. The lowest BCUT2D eigenvalue weighted by Gasteiger charge is -2.25. The van der Waals surface area contributed by atoms with E-state index < -0.39 is 0 Å². The minimum atomic E-state index is 0.950. The van der Waals surface area contributed by atoms with Crippen LogP contribution in [-0.2, 0) is 0 Å². The van der Waals surface area contributed by atoms with Crippen LogP contribution in [0.15, 0.2) is 29.3 Å². The molecule has 0 N–H and O–H groups in total. The van der Waals surface area contributed by atoms with Crippen LogP contribution in [0.25, 0.3) is 21.5 Å². The summed E-state index contributed by atoms with van der Waals surface area (Å²) in [6, 6.07) is 8.49. The molecular formula is C20H24N4S2. The topological polar surface area (TPSA) is 41.9 Å². The molecule has 1 aliphatic heterocycles. The van der Waals surface area contributed by atoms with Gasteiger partial charge in [-0.3, -0.25) is 0 Å². The lowest BCUT2D eigenvalue weighted by molar-refractivity contribution is 0.242. The molecular weight excluding hydrogens is 360 g/mol. The largest absolute Gasteiger partial charge is 0.303 e. The van der Waals surface area contributed by atoms with Gasteiger partial charge in [0.1, 0.15) is 16.2 Å². The van der Waals surface area contributed by atoms with Gasteiger partial charge in [0.25, 0.3) is 0 Å². The molecule has 6 heteroatoms. The van der Waals surface area contributed by atoms with Gasteiger partial charge in [0, 0.05) is 17.9 Å². The van der Waals surface area contributed by atoms with Crippen LogP contribution in [-0.4, -0.2) is 45.5 Å². The summed E-state index contributed by atoms with van der Waals surface area (Å²) in [5.41, 5.74) is 4.33. The molecule has 0 atom stereocenters. The average molecular weight is 385 g/mol. The Labute approximate surface area is 163 Å². The number of hydrogen-bond acceptors (Lipinski definition) is 6. The molecule has 3 aromatic rings. The Hall–Kier alpha value is -1.50. The summed E-state index contributed by atoms with van der Waals surface area (Å²) in [6.45, 7) is 7.76. The Morgan fingerprint density at radius 2 is 1.81 bits per heavy atom. The van der Waals surface area contributed by atoms with Crippen molar-refractivity contribution in [3.8, 4) is 11.3 Å². The molecule has 1 aromatic carbocycles. The summed E-state index contributed by atoms with van der Waals surface area (Å²) in [5.74, 6) is 1.05. The zero-order valence-corrected chi connectivity index (χ0v) is 17.0. The number of benzene rings is 1. The SMILES string of the molecule is Cc1ccc(-c2nnc(SCCN3CCCCC3)c3nc(C)sc23)cc1. The van der Waals surface area contributed by atoms with E-state index >= 15 is 0 Å². The number of nitrogens with zero attached hydrogens (tertiary/aromatic N) is 4. The van der Waals surface area contributed by atoms with Gasteiger partial charge in [-0.15, -0.1) is 33.3 Å². The number of thiazole rings is 1. The number of thioether (sulfide) groups is 1. The summed E-state index contributed by atoms with van der Waals surface area (Å²) in [6.07, 6.45) is 4.06. The highest BCUT2D eigenvalue weighted by atomic mass is 32.2. The number of likely N-dealkylation sites (tertiary alicyclic amines) is 1. The number of piperidine rings is 1. The highest BCUT2D eigenvalue weighted by Crippen LogP contribution is 2.35. The lowest BCUT2D eigenvalue weighted by atomic mass is 10.1. The monoisotopic (exact) mass is 384 g/mol. The molecule has 0 radical (unpaired) electrons. The number of aromatic nitrogens is 3. The Bertz CT molecular complexity index is 883. The van der Waals surface area contributed by atoms with E-state index in [1.165, 1.54) is 37.9 Å². The van der Waals surface area contributed by atoms with Crippen LogP contribution in [0.1, 0.15) is 29.8 Å². The molecule has 26 heavy (non-hydrogen) atoms. The van der Waals surface area contributed by atoms with E-state index in [0.717, 1.165) is 43.8 Å². The molecule has 1 fully saturated rings. The standard InChI is InChI=1S/C20H24N4S2/c1-14-6-8-16(9-7-14)17-19-18(21-15(2)26-19)20(23-22-17)25-13-12-24-10-4-3-5-11-24/h6-9H,3-5,10-13H2,1-2H3. The van der Waals surface area contributed by atoms with Gasteiger partial charge in [-0.1, -0.05) is 36.2 Å². The van der Waals surface area contributed by atoms with E-state index in [0.29, 0.717) is 0 Å². The van der Waals surface area contributed by atoms with Crippen LogP contribution < -0.4 is 0 Å². The van der Waals surface area contributed by atoms with Crippen molar-refractivity contribution in [2.75, 3.05) is 25.4 Å². The maximum atomic E-state index is 4.76. The van der Waals surface area contributed by atoms with Crippen molar-refractivity contribution in [1.29, 1.82) is 0 Å². The van der Waals surface area contributed by atoms with Crippen LogP contribution in [0.3, 0.4) is 0 Å². The van der Waals surface area contributed by atoms with E-state index in [4.69, 9.17) is 4.98 Å². The first-order valence-electron chi connectivity index (χ1n) is 9.27. The summed E-state index contributed by atoms with van der Waals surface area (Å²) < 4.78 is 1.15. The van der Waals surface area contributed by atoms with Crippen LogP contribution in [0.2, 0.25) is 0 Å². The zero-order chi connectivity index (χ0) is 17.9. The van der Waals surface area contributed by atoms with Gasteiger partial charge in [-0.2, -0.15) is 0 Å². The third-order valence-electron chi connectivity index (χ3n) is 4.81. The number of rotatable bonds is 5. The maximum absolute atomic E-state index is 4.76. The zero-order valence-electron chi connectivity index (χ0n) is 15.4. The van der Waals surface area contributed by atoms with Crippen molar-refractivity contribution >= 4 is 33.3 Å². The van der Waals surface area contributed by atoms with Crippen LogP contribution >= 0.6 is 23.1 Å². The lowest BCUT2D eigenvalue weighted by Crippen LogP contribution is -2.31. The van der Waals surface area contributed by atoms with E-state index in [1.807, 2.05) is 0 Å². The summed E-state index contributed by atoms with van der Waals surface area (Å²) >= 11 is 3.51. The van der Waals surface area contributed by atoms with Gasteiger partial charge in [0.05, 0.1) is 9.71 Å². The second-order valence-electron chi connectivity index (χ2n) is 6.88. The van der Waals surface area contributed by atoms with Gasteiger partial charge < -0.3 is 4.90 Å². The fourth-order valence-corrected chi connectivity index (χ4v) is 5.29. The third-order valence-corrected chi connectivity index (χ3v) is 6.73. The first-order valence-corrected chi connectivity index (χ1v) is 11.1. The molecule has 0 unspecified atom stereocenters. The van der Waals surface area contributed by atoms with Gasteiger partial charge in [-0.05, 0) is 39.8 Å². The van der Waals surface area contributed by atoms with Crippen LogP contribution in [0.5, 0.6) is 0 Å². The van der Waals surface area contributed by atoms with Crippen LogP contribution in [0, 0.1) is 13.8 Å². The Kier molecular flexibility index (Phi) is 5.52. The molecule has 136 valence electrons. The predicted molar refractivity (Wildman–Crippen MR) is 111 cm³/mol. The minimum Gasteiger partial charge on any atom is -0.303 e. The first kappa shape index (κ1) is 17.9. The van der Waals surface area contributed by atoms with E-state index in [1.54, 1.807) is 23.1 Å².